The highest BCUT2D eigenvalue weighted by Crippen LogP contribution is 2.19. The summed E-state index contributed by atoms with van der Waals surface area (Å²) < 4.78 is 29.4. The fourth-order valence-electron chi connectivity index (χ4n) is 2.34. The molecule has 0 atom stereocenters. The molecule has 0 saturated carbocycles. The quantitative estimate of drug-likeness (QED) is 0.507. The van der Waals surface area contributed by atoms with Crippen LogP contribution in [0, 0.1) is 0 Å². The van der Waals surface area contributed by atoms with Gasteiger partial charge in [-0.25, -0.2) is 0 Å². The van der Waals surface area contributed by atoms with E-state index in [1.165, 1.54) is 6.07 Å². The minimum atomic E-state index is -2.83. The van der Waals surface area contributed by atoms with Crippen LogP contribution >= 0.6 is 0 Å². The summed E-state index contributed by atoms with van der Waals surface area (Å²) in [6, 6.07) is 6.73. The number of nitrogens with zero attached hydrogens (tertiary/aromatic N) is 2. The summed E-state index contributed by atoms with van der Waals surface area (Å²) in [5, 5.41) is 6.35. The Kier molecular flexibility index (Phi) is 9.76. The molecule has 2 N–H and O–H groups in total. The third-order valence-corrected chi connectivity index (χ3v) is 3.57. The lowest BCUT2D eigenvalue weighted by molar-refractivity contribution is -0.0504. The Bertz CT molecular complexity index is 497. The molecule has 5 nitrogen and oxygen atoms in total. The number of hydrogen-bond donors (Lipinski definition) is 2. The van der Waals surface area contributed by atoms with E-state index < -0.39 is 6.61 Å². The molecule has 0 fully saturated rings. The van der Waals surface area contributed by atoms with E-state index in [9.17, 15) is 8.78 Å². The first-order valence-corrected chi connectivity index (χ1v) is 8.30. The van der Waals surface area contributed by atoms with Crippen LogP contribution in [0.4, 0.5) is 8.78 Å². The minimum Gasteiger partial charge on any atom is -0.434 e. The molecule has 0 bridgehead atoms. The highest BCUT2D eigenvalue weighted by Gasteiger charge is 2.09. The summed E-state index contributed by atoms with van der Waals surface area (Å²) >= 11 is 0. The Balaban J connectivity index is 2.47. The van der Waals surface area contributed by atoms with Crippen LogP contribution in [-0.4, -0.2) is 50.7 Å². The molecule has 0 amide bonds. The van der Waals surface area contributed by atoms with Gasteiger partial charge < -0.3 is 20.3 Å². The second-order valence-electron chi connectivity index (χ2n) is 5.27. The van der Waals surface area contributed by atoms with Crippen molar-refractivity contribution in [1.82, 2.24) is 15.5 Å². The van der Waals surface area contributed by atoms with Crippen molar-refractivity contribution >= 4 is 5.96 Å². The molecule has 7 heteroatoms. The SMILES string of the molecule is CCCN(CC)CCNC(=NC)NCc1ccccc1OC(F)F. The lowest BCUT2D eigenvalue weighted by atomic mass is 10.2. The monoisotopic (exact) mass is 342 g/mol. The van der Waals surface area contributed by atoms with E-state index in [2.05, 4.69) is 39.1 Å². The van der Waals surface area contributed by atoms with Crippen LogP contribution in [0.2, 0.25) is 0 Å². The van der Waals surface area contributed by atoms with Gasteiger partial charge in [-0.05, 0) is 25.6 Å². The molecule has 0 aromatic heterocycles. The van der Waals surface area contributed by atoms with Gasteiger partial charge in [0.15, 0.2) is 5.96 Å². The average Bonchev–Trinajstić information content (AvgIpc) is 2.57. The third-order valence-electron chi connectivity index (χ3n) is 3.57. The van der Waals surface area contributed by atoms with Gasteiger partial charge in [-0.15, -0.1) is 0 Å². The second-order valence-corrected chi connectivity index (χ2v) is 5.27. The lowest BCUT2D eigenvalue weighted by Gasteiger charge is -2.20. The topological polar surface area (TPSA) is 48.9 Å². The standard InChI is InChI=1S/C17H28F2N4O/c1-4-11-23(5-2)12-10-21-17(20-3)22-13-14-8-6-7-9-15(14)24-16(18)19/h6-9,16H,4-5,10-13H2,1-3H3,(H2,20,21,22). The van der Waals surface area contributed by atoms with Crippen molar-refractivity contribution in [3.63, 3.8) is 0 Å². The summed E-state index contributed by atoms with van der Waals surface area (Å²) in [5.41, 5.74) is 0.655. The number of alkyl halides is 2. The Morgan fingerprint density at radius 3 is 2.58 bits per heavy atom. The summed E-state index contributed by atoms with van der Waals surface area (Å²) in [6.45, 7) is 5.61. The van der Waals surface area contributed by atoms with Crippen LogP contribution in [0.1, 0.15) is 25.8 Å². The van der Waals surface area contributed by atoms with Gasteiger partial charge in [0.05, 0.1) is 0 Å². The summed E-state index contributed by atoms with van der Waals surface area (Å²) in [5.74, 6) is 0.810. The number of para-hydroxylation sites is 1. The van der Waals surface area contributed by atoms with Crippen LogP contribution in [0.15, 0.2) is 29.3 Å². The van der Waals surface area contributed by atoms with E-state index in [-0.39, 0.29) is 5.75 Å². The van der Waals surface area contributed by atoms with Crippen LogP contribution in [0.25, 0.3) is 0 Å². The Labute approximate surface area is 143 Å². The third kappa shape index (κ3) is 7.59. The molecule has 136 valence electrons. The van der Waals surface area contributed by atoms with Crippen LogP contribution in [0.5, 0.6) is 5.75 Å². The molecule has 0 aliphatic rings. The van der Waals surface area contributed by atoms with Gasteiger partial charge >= 0.3 is 6.61 Å². The number of aliphatic imine (C=N–C) groups is 1. The molecule has 0 heterocycles. The Morgan fingerprint density at radius 1 is 1.21 bits per heavy atom. The van der Waals surface area contributed by atoms with Crippen molar-refractivity contribution in [2.75, 3.05) is 33.2 Å². The smallest absolute Gasteiger partial charge is 0.387 e. The van der Waals surface area contributed by atoms with E-state index in [1.54, 1.807) is 25.2 Å². The Morgan fingerprint density at radius 2 is 1.96 bits per heavy atom. The van der Waals surface area contributed by atoms with Gasteiger partial charge in [-0.1, -0.05) is 32.0 Å². The molecule has 1 aromatic carbocycles. The predicted molar refractivity (Wildman–Crippen MR) is 93.7 cm³/mol. The van der Waals surface area contributed by atoms with Crippen LogP contribution < -0.4 is 15.4 Å². The molecule has 0 spiro atoms. The number of benzene rings is 1. The number of halogens is 2. The molecule has 0 radical (unpaired) electrons. The molecule has 0 aliphatic carbocycles. The fraction of sp³-hybridized carbons (Fsp3) is 0.588. The number of rotatable bonds is 10. The van der Waals surface area contributed by atoms with Crippen molar-refractivity contribution in [2.45, 2.75) is 33.4 Å². The molecule has 0 aliphatic heterocycles. The average molecular weight is 342 g/mol. The zero-order valence-corrected chi connectivity index (χ0v) is 14.7. The summed E-state index contributed by atoms with van der Waals surface area (Å²) in [4.78, 5) is 6.50. The molecule has 0 unspecified atom stereocenters. The molecule has 1 aromatic rings. The van der Waals surface area contributed by atoms with Crippen molar-refractivity contribution in [3.05, 3.63) is 29.8 Å². The maximum absolute atomic E-state index is 12.4. The maximum Gasteiger partial charge on any atom is 0.387 e. The van der Waals surface area contributed by atoms with E-state index in [4.69, 9.17) is 0 Å². The van der Waals surface area contributed by atoms with Crippen LogP contribution in [-0.2, 0) is 6.54 Å². The lowest BCUT2D eigenvalue weighted by Crippen LogP contribution is -2.41. The molecule has 0 saturated heterocycles. The molecule has 24 heavy (non-hydrogen) atoms. The summed E-state index contributed by atoms with van der Waals surface area (Å²) in [7, 11) is 1.68. The fourth-order valence-corrected chi connectivity index (χ4v) is 2.34. The number of likely N-dealkylation sites (N-methyl/N-ethyl adjacent to an activating group) is 1. The number of hydrogen-bond acceptors (Lipinski definition) is 3. The minimum absolute atomic E-state index is 0.176. The zero-order valence-electron chi connectivity index (χ0n) is 14.7. The first-order chi connectivity index (χ1) is 11.6. The van der Waals surface area contributed by atoms with E-state index in [1.807, 2.05) is 0 Å². The van der Waals surface area contributed by atoms with Crippen molar-refractivity contribution in [3.8, 4) is 5.75 Å². The maximum atomic E-state index is 12.4. The Hall–Kier alpha value is -1.89. The highest BCUT2D eigenvalue weighted by molar-refractivity contribution is 5.79. The van der Waals surface area contributed by atoms with Crippen molar-refractivity contribution in [1.29, 1.82) is 0 Å². The number of guanidine groups is 1. The normalized spacial score (nSPS) is 11.9. The zero-order chi connectivity index (χ0) is 17.8. The summed E-state index contributed by atoms with van der Waals surface area (Å²) in [6.07, 6.45) is 1.13. The van der Waals surface area contributed by atoms with E-state index in [0.29, 0.717) is 18.1 Å². The first-order valence-electron chi connectivity index (χ1n) is 8.30. The number of ether oxygens (including phenoxy) is 1. The molecular formula is C17H28F2N4O. The predicted octanol–water partition coefficient (Wildman–Crippen LogP) is 2.68. The highest BCUT2D eigenvalue weighted by atomic mass is 19.3. The van der Waals surface area contributed by atoms with Gasteiger partial charge in [0.1, 0.15) is 5.75 Å². The van der Waals surface area contributed by atoms with Gasteiger partial charge in [0.25, 0.3) is 0 Å². The van der Waals surface area contributed by atoms with Crippen LogP contribution in [0.3, 0.4) is 0 Å². The van der Waals surface area contributed by atoms with Crippen molar-refractivity contribution < 1.29 is 13.5 Å². The van der Waals surface area contributed by atoms with Crippen molar-refractivity contribution in [2.24, 2.45) is 4.99 Å². The molecule has 1 rings (SSSR count). The number of nitrogens with one attached hydrogen (secondary N) is 2. The first kappa shape index (κ1) is 20.2. The van der Waals surface area contributed by atoms with Gasteiger partial charge in [-0.2, -0.15) is 8.78 Å². The second kappa shape index (κ2) is 11.6. The van der Waals surface area contributed by atoms with Gasteiger partial charge in [0.2, 0.25) is 0 Å². The largest absolute Gasteiger partial charge is 0.434 e. The van der Waals surface area contributed by atoms with E-state index in [0.717, 1.165) is 32.6 Å². The molecular weight excluding hydrogens is 314 g/mol. The van der Waals surface area contributed by atoms with E-state index >= 15 is 0 Å². The van der Waals surface area contributed by atoms with Gasteiger partial charge in [0, 0.05) is 32.2 Å². The van der Waals surface area contributed by atoms with Gasteiger partial charge in [-0.3, -0.25) is 4.99 Å².